The Labute approximate surface area is 105 Å². The molecule has 0 radical (unpaired) electrons. The predicted octanol–water partition coefficient (Wildman–Crippen LogP) is 3.56. The Balaban J connectivity index is 3.04. The molecule has 1 unspecified atom stereocenters. The zero-order chi connectivity index (χ0) is 13.9. The average molecular weight is 260 g/mol. The molecule has 1 atom stereocenters. The predicted molar refractivity (Wildman–Crippen MR) is 65.7 cm³/mol. The number of halogens is 3. The summed E-state index contributed by atoms with van der Waals surface area (Å²) in [7, 11) is 0. The van der Waals surface area contributed by atoms with Crippen molar-refractivity contribution in [1.82, 2.24) is 5.43 Å². The normalized spacial score (nSPS) is 14.0. The van der Waals surface area contributed by atoms with Crippen LogP contribution in [0, 0.1) is 12.8 Å². The van der Waals surface area contributed by atoms with E-state index in [0.717, 1.165) is 18.1 Å². The van der Waals surface area contributed by atoms with Gasteiger partial charge in [-0.1, -0.05) is 19.9 Å². The highest BCUT2D eigenvalue weighted by Crippen LogP contribution is 2.32. The van der Waals surface area contributed by atoms with Crippen LogP contribution in [0.4, 0.5) is 13.2 Å². The van der Waals surface area contributed by atoms with Gasteiger partial charge in [-0.2, -0.15) is 13.2 Å². The fourth-order valence-electron chi connectivity index (χ4n) is 2.00. The van der Waals surface area contributed by atoms with Gasteiger partial charge in [0.05, 0.1) is 5.56 Å². The molecule has 0 amide bonds. The highest BCUT2D eigenvalue weighted by Gasteiger charge is 2.31. The molecule has 0 aromatic heterocycles. The van der Waals surface area contributed by atoms with Crippen LogP contribution in [-0.2, 0) is 6.18 Å². The second-order valence-electron chi connectivity index (χ2n) is 4.92. The topological polar surface area (TPSA) is 38.0 Å². The zero-order valence-electron chi connectivity index (χ0n) is 10.8. The van der Waals surface area contributed by atoms with E-state index in [-0.39, 0.29) is 6.04 Å². The fraction of sp³-hybridized carbons (Fsp3) is 0.538. The van der Waals surface area contributed by atoms with Gasteiger partial charge >= 0.3 is 6.18 Å². The van der Waals surface area contributed by atoms with Gasteiger partial charge in [0.2, 0.25) is 0 Å². The van der Waals surface area contributed by atoms with Crippen molar-refractivity contribution in [2.45, 2.75) is 39.4 Å². The van der Waals surface area contributed by atoms with Crippen molar-refractivity contribution in [3.8, 4) is 0 Å². The maximum absolute atomic E-state index is 12.6. The highest BCUT2D eigenvalue weighted by molar-refractivity contribution is 5.34. The molecule has 102 valence electrons. The third-order valence-corrected chi connectivity index (χ3v) is 2.88. The summed E-state index contributed by atoms with van der Waals surface area (Å²) < 4.78 is 37.7. The van der Waals surface area contributed by atoms with Gasteiger partial charge in [-0.25, -0.2) is 0 Å². The van der Waals surface area contributed by atoms with Crippen LogP contribution in [0.2, 0.25) is 0 Å². The van der Waals surface area contributed by atoms with Crippen LogP contribution in [-0.4, -0.2) is 0 Å². The molecule has 2 nitrogen and oxygen atoms in total. The molecule has 0 spiro atoms. The summed E-state index contributed by atoms with van der Waals surface area (Å²) in [6, 6.07) is 3.66. The first kappa shape index (κ1) is 15.0. The minimum atomic E-state index is -4.30. The molecule has 1 rings (SSSR count). The third-order valence-electron chi connectivity index (χ3n) is 2.88. The molecular formula is C13H19F3N2. The number of hydrazine groups is 1. The van der Waals surface area contributed by atoms with E-state index in [1.807, 2.05) is 13.8 Å². The molecule has 0 aliphatic rings. The first-order chi connectivity index (χ1) is 8.25. The van der Waals surface area contributed by atoms with Gasteiger partial charge in [0.1, 0.15) is 0 Å². The SMILES string of the molecule is Cc1cc(C(F)(F)F)ccc1C(CC(C)C)NN. The van der Waals surface area contributed by atoms with Crippen molar-refractivity contribution in [3.05, 3.63) is 34.9 Å². The van der Waals surface area contributed by atoms with Gasteiger partial charge < -0.3 is 0 Å². The molecule has 0 saturated carbocycles. The van der Waals surface area contributed by atoms with Crippen LogP contribution in [0.3, 0.4) is 0 Å². The Morgan fingerprint density at radius 3 is 2.28 bits per heavy atom. The Morgan fingerprint density at radius 2 is 1.89 bits per heavy atom. The smallest absolute Gasteiger partial charge is 0.271 e. The number of hydrogen-bond donors (Lipinski definition) is 2. The number of nitrogens with two attached hydrogens (primary N) is 1. The average Bonchev–Trinajstić information content (AvgIpc) is 2.24. The van der Waals surface area contributed by atoms with E-state index < -0.39 is 11.7 Å². The van der Waals surface area contributed by atoms with E-state index in [1.54, 1.807) is 6.92 Å². The minimum absolute atomic E-state index is 0.118. The number of rotatable bonds is 4. The lowest BCUT2D eigenvalue weighted by Crippen LogP contribution is -2.29. The van der Waals surface area contributed by atoms with Crippen molar-refractivity contribution < 1.29 is 13.2 Å². The molecular weight excluding hydrogens is 241 g/mol. The minimum Gasteiger partial charge on any atom is -0.271 e. The van der Waals surface area contributed by atoms with E-state index in [4.69, 9.17) is 5.84 Å². The second kappa shape index (κ2) is 5.71. The molecule has 0 aliphatic carbocycles. The second-order valence-corrected chi connectivity index (χ2v) is 4.92. The van der Waals surface area contributed by atoms with Crippen LogP contribution in [0.5, 0.6) is 0 Å². The van der Waals surface area contributed by atoms with Gasteiger partial charge in [-0.15, -0.1) is 0 Å². The number of nitrogens with one attached hydrogen (secondary N) is 1. The van der Waals surface area contributed by atoms with E-state index >= 15 is 0 Å². The Hall–Kier alpha value is -1.07. The maximum Gasteiger partial charge on any atom is 0.416 e. The van der Waals surface area contributed by atoms with Gasteiger partial charge in [0, 0.05) is 6.04 Å². The maximum atomic E-state index is 12.6. The van der Waals surface area contributed by atoms with Gasteiger partial charge in [-0.05, 0) is 42.5 Å². The molecule has 1 aromatic carbocycles. The molecule has 18 heavy (non-hydrogen) atoms. The van der Waals surface area contributed by atoms with Crippen molar-refractivity contribution in [2.24, 2.45) is 11.8 Å². The summed E-state index contributed by atoms with van der Waals surface area (Å²) in [5, 5.41) is 0. The molecule has 3 N–H and O–H groups in total. The van der Waals surface area contributed by atoms with Gasteiger partial charge in [-0.3, -0.25) is 11.3 Å². The Morgan fingerprint density at radius 1 is 1.28 bits per heavy atom. The summed E-state index contributed by atoms with van der Waals surface area (Å²) in [5.74, 6) is 5.88. The molecule has 5 heteroatoms. The highest BCUT2D eigenvalue weighted by atomic mass is 19.4. The van der Waals surface area contributed by atoms with Crippen molar-refractivity contribution in [3.63, 3.8) is 0 Å². The molecule has 0 aliphatic heterocycles. The van der Waals surface area contributed by atoms with Gasteiger partial charge in [0.15, 0.2) is 0 Å². The van der Waals surface area contributed by atoms with Crippen molar-refractivity contribution in [1.29, 1.82) is 0 Å². The largest absolute Gasteiger partial charge is 0.416 e. The van der Waals surface area contributed by atoms with Crippen LogP contribution in [0.25, 0.3) is 0 Å². The Bertz CT molecular complexity index is 400. The lowest BCUT2D eigenvalue weighted by atomic mass is 9.93. The summed E-state index contributed by atoms with van der Waals surface area (Å²) >= 11 is 0. The lowest BCUT2D eigenvalue weighted by Gasteiger charge is -2.21. The summed E-state index contributed by atoms with van der Waals surface area (Å²) in [6.07, 6.45) is -3.52. The number of aryl methyl sites for hydroxylation is 1. The van der Waals surface area contributed by atoms with Crippen LogP contribution < -0.4 is 11.3 Å². The Kier molecular flexibility index (Phi) is 4.76. The number of benzene rings is 1. The first-order valence-electron chi connectivity index (χ1n) is 5.89. The fourth-order valence-corrected chi connectivity index (χ4v) is 2.00. The standard InChI is InChI=1S/C13H19F3N2/c1-8(2)6-12(18-17)11-5-4-10(7-9(11)3)13(14,15)16/h4-5,7-8,12,18H,6,17H2,1-3H3. The third kappa shape index (κ3) is 3.71. The quantitative estimate of drug-likeness (QED) is 0.641. The van der Waals surface area contributed by atoms with Crippen molar-refractivity contribution in [2.75, 3.05) is 0 Å². The molecule has 0 saturated heterocycles. The lowest BCUT2D eigenvalue weighted by molar-refractivity contribution is -0.137. The molecule has 0 heterocycles. The molecule has 0 fully saturated rings. The van der Waals surface area contributed by atoms with E-state index in [9.17, 15) is 13.2 Å². The number of alkyl halides is 3. The van der Waals surface area contributed by atoms with E-state index in [0.29, 0.717) is 11.5 Å². The summed E-state index contributed by atoms with van der Waals surface area (Å²) in [4.78, 5) is 0. The van der Waals surface area contributed by atoms with Gasteiger partial charge in [0.25, 0.3) is 0 Å². The molecule has 0 bridgehead atoms. The summed E-state index contributed by atoms with van der Waals surface area (Å²) in [5.41, 5.74) is 3.47. The number of hydrogen-bond acceptors (Lipinski definition) is 2. The summed E-state index contributed by atoms with van der Waals surface area (Å²) in [6.45, 7) is 5.77. The van der Waals surface area contributed by atoms with Crippen molar-refractivity contribution >= 4 is 0 Å². The van der Waals surface area contributed by atoms with Crippen LogP contribution in [0.15, 0.2) is 18.2 Å². The first-order valence-corrected chi connectivity index (χ1v) is 5.89. The molecule has 1 aromatic rings. The van der Waals surface area contributed by atoms with Crippen LogP contribution >= 0.6 is 0 Å². The van der Waals surface area contributed by atoms with E-state index in [2.05, 4.69) is 5.43 Å². The zero-order valence-corrected chi connectivity index (χ0v) is 10.8. The monoisotopic (exact) mass is 260 g/mol. The van der Waals surface area contributed by atoms with E-state index in [1.165, 1.54) is 12.1 Å². The van der Waals surface area contributed by atoms with Crippen LogP contribution in [0.1, 0.15) is 43.0 Å².